The summed E-state index contributed by atoms with van der Waals surface area (Å²) in [6.07, 6.45) is 9.32. The summed E-state index contributed by atoms with van der Waals surface area (Å²) in [7, 11) is 0. The van der Waals surface area contributed by atoms with Crippen LogP contribution in [0.25, 0.3) is 0 Å². The maximum Gasteiger partial charge on any atom is 2.00 e. The van der Waals surface area contributed by atoms with Crippen molar-refractivity contribution in [1.82, 2.24) is 4.98 Å². The van der Waals surface area contributed by atoms with Crippen molar-refractivity contribution in [1.29, 1.82) is 0 Å². The zero-order chi connectivity index (χ0) is 25.4. The van der Waals surface area contributed by atoms with Gasteiger partial charge in [0, 0.05) is 24.4 Å². The molecule has 2 heterocycles. The number of carbonyl (C=O) groups is 3. The van der Waals surface area contributed by atoms with Gasteiger partial charge in [-0.05, 0) is 69.1 Å². The molecule has 0 spiro atoms. The van der Waals surface area contributed by atoms with E-state index in [9.17, 15) is 24.6 Å². The van der Waals surface area contributed by atoms with Gasteiger partial charge in [-0.2, -0.15) is 0 Å². The van der Waals surface area contributed by atoms with E-state index in [0.29, 0.717) is 23.5 Å². The molecule has 4 atom stereocenters. The molecule has 2 bridgehead atoms. The van der Waals surface area contributed by atoms with E-state index in [4.69, 9.17) is 9.47 Å². The van der Waals surface area contributed by atoms with Crippen LogP contribution in [0.3, 0.4) is 0 Å². The summed E-state index contributed by atoms with van der Waals surface area (Å²) < 4.78 is 11.9. The Bertz CT molecular complexity index is 1180. The summed E-state index contributed by atoms with van der Waals surface area (Å²) in [4.78, 5) is 45.2. The monoisotopic (exact) mass is 538 g/mol. The summed E-state index contributed by atoms with van der Waals surface area (Å²) in [5.74, 6) is -3.18. The zero-order valence-electron chi connectivity index (χ0n) is 20.4. The maximum atomic E-state index is 13.5. The van der Waals surface area contributed by atoms with Gasteiger partial charge in [-0.25, -0.2) is 9.98 Å². The Kier molecular flexibility index (Phi) is 8.54. The molecule has 3 aliphatic rings. The molecule has 0 amide bonds. The number of ether oxygens (including phenoxy) is 2. The van der Waals surface area contributed by atoms with Crippen LogP contribution in [0.2, 0.25) is 0 Å². The van der Waals surface area contributed by atoms with Crippen molar-refractivity contribution in [2.45, 2.75) is 64.1 Å². The van der Waals surface area contributed by atoms with Gasteiger partial charge in [-0.15, -0.1) is 11.3 Å². The number of rotatable bonds is 6. The summed E-state index contributed by atoms with van der Waals surface area (Å²) in [5.41, 5.74) is -3.03. The summed E-state index contributed by atoms with van der Waals surface area (Å²) in [6, 6.07) is 0. The van der Waals surface area contributed by atoms with Gasteiger partial charge in [0.25, 0.3) is 0 Å². The Morgan fingerprint density at radius 1 is 1.31 bits per heavy atom. The molecule has 2 aliphatic carbocycles. The van der Waals surface area contributed by atoms with Crippen molar-refractivity contribution in [3.63, 3.8) is 0 Å². The van der Waals surface area contributed by atoms with Crippen molar-refractivity contribution >= 4 is 78.0 Å². The number of aliphatic imine (C=N–C) groups is 1. The van der Waals surface area contributed by atoms with Crippen molar-refractivity contribution in [2.75, 3.05) is 0 Å². The van der Waals surface area contributed by atoms with E-state index in [2.05, 4.69) is 9.98 Å². The number of nitrogens with zero attached hydrogens (tertiary/aromatic N) is 2. The Balaban J connectivity index is 0.00000361. The van der Waals surface area contributed by atoms with Crippen LogP contribution >= 0.6 is 11.3 Å². The predicted octanol–water partition coefficient (Wildman–Crippen LogP) is 1.53. The molecule has 0 radical (unpaired) electrons. The standard InChI is InChI=1S/C25H28N2O7S.Ca/c1-15(19(29)27-22-26-13-14-35-22)5-4-9-23(3)18-8-11-24(21(32)34-23)10-6-17(20(30)31)7-12-25(18,24)33-16(2)28;/h4-6,9,13-14,18H,7-8,10-12H2,1-3H3,(H,30,31)(H,26,27,29);/q;+2/p-2/b9-4+,15-5+;/t18-,23+,24+,25-;/m0./s1. The molecule has 1 saturated carbocycles. The summed E-state index contributed by atoms with van der Waals surface area (Å²) >= 11 is 1.25. The van der Waals surface area contributed by atoms with E-state index in [1.54, 1.807) is 43.7 Å². The number of hydrogen-bond donors (Lipinski definition) is 0. The fourth-order valence-electron chi connectivity index (χ4n) is 5.77. The second-order valence-electron chi connectivity index (χ2n) is 9.39. The Morgan fingerprint density at radius 2 is 2.06 bits per heavy atom. The van der Waals surface area contributed by atoms with Crippen LogP contribution in [0, 0.1) is 11.3 Å². The molecule has 0 aromatic carbocycles. The van der Waals surface area contributed by atoms with E-state index >= 15 is 0 Å². The summed E-state index contributed by atoms with van der Waals surface area (Å²) in [6.45, 7) is 4.66. The van der Waals surface area contributed by atoms with Gasteiger partial charge in [0.15, 0.2) is 0 Å². The van der Waals surface area contributed by atoms with Crippen LogP contribution in [0.4, 0.5) is 5.13 Å². The topological polar surface area (TPSA) is 141 Å². The number of thiazole rings is 1. The van der Waals surface area contributed by atoms with Crippen LogP contribution in [-0.4, -0.2) is 77.7 Å². The first kappa shape index (κ1) is 28.6. The summed E-state index contributed by atoms with van der Waals surface area (Å²) in [5, 5.41) is 26.0. The second-order valence-corrected chi connectivity index (χ2v) is 10.3. The minimum Gasteiger partial charge on any atom is -0.858 e. The Labute approximate surface area is 243 Å². The predicted molar refractivity (Wildman–Crippen MR) is 129 cm³/mol. The fraction of sp³-hybridized carbons (Fsp3) is 0.480. The molecule has 0 N–H and O–H groups in total. The molecule has 11 heteroatoms. The van der Waals surface area contributed by atoms with E-state index < -0.39 is 46.3 Å². The smallest absolute Gasteiger partial charge is 0.858 e. The van der Waals surface area contributed by atoms with E-state index in [0.717, 1.165) is 0 Å². The van der Waals surface area contributed by atoms with Gasteiger partial charge in [0.1, 0.15) is 16.6 Å². The average molecular weight is 539 g/mol. The third-order valence-electron chi connectivity index (χ3n) is 7.41. The van der Waals surface area contributed by atoms with Crippen molar-refractivity contribution < 1.29 is 34.1 Å². The molecule has 1 aromatic rings. The van der Waals surface area contributed by atoms with Crippen molar-refractivity contribution in [3.05, 3.63) is 47.0 Å². The van der Waals surface area contributed by atoms with Gasteiger partial charge in [-0.3, -0.25) is 9.59 Å². The first-order chi connectivity index (χ1) is 16.5. The number of esters is 2. The minimum absolute atomic E-state index is 0. The number of aliphatic carboxylic acids is 1. The Hall–Kier alpha value is -2.01. The van der Waals surface area contributed by atoms with Gasteiger partial charge in [0.05, 0.1) is 5.97 Å². The molecule has 2 fully saturated rings. The van der Waals surface area contributed by atoms with Crippen LogP contribution in [-0.2, 0) is 23.9 Å². The Morgan fingerprint density at radius 3 is 2.69 bits per heavy atom. The van der Waals surface area contributed by atoms with E-state index in [1.165, 1.54) is 24.3 Å². The van der Waals surface area contributed by atoms with Gasteiger partial charge in [0.2, 0.25) is 5.13 Å². The van der Waals surface area contributed by atoms with Crippen LogP contribution in [0.15, 0.2) is 52.0 Å². The second kappa shape index (κ2) is 10.8. The van der Waals surface area contributed by atoms with Gasteiger partial charge >= 0.3 is 49.7 Å². The maximum absolute atomic E-state index is 13.5. The van der Waals surface area contributed by atoms with E-state index in [-0.39, 0.29) is 62.6 Å². The van der Waals surface area contributed by atoms with Crippen molar-refractivity contribution in [3.8, 4) is 0 Å². The molecule has 1 aromatic heterocycles. The molecule has 4 rings (SSSR count). The quantitative estimate of drug-likeness (QED) is 0.175. The minimum atomic E-state index is -1.29. The number of carboxylic acid groups (broad SMARTS) is 1. The third kappa shape index (κ3) is 4.92. The molecule has 1 saturated heterocycles. The first-order valence-corrected chi connectivity index (χ1v) is 12.3. The van der Waals surface area contributed by atoms with Crippen LogP contribution in [0.5, 0.6) is 0 Å². The number of aromatic nitrogens is 1. The first-order valence-electron chi connectivity index (χ1n) is 11.4. The SMILES string of the molecule is CC(=O)O[C@]12CCC(C(=O)[O-])=CC[C@]13CC[C@H]2[C@@](C)(/C=C/C=C(C)/C([O-])=N/c1nccs1)OC3=O.[Ca+2]. The number of carbonyl (C=O) groups excluding carboxylic acids is 3. The molecule has 0 unspecified atom stereocenters. The zero-order valence-corrected chi connectivity index (χ0v) is 23.5. The molecular formula is C25H26CaN2O7S. The molecule has 1 aliphatic heterocycles. The number of cyclic esters (lactones) is 1. The fourth-order valence-corrected chi connectivity index (χ4v) is 6.27. The van der Waals surface area contributed by atoms with Crippen molar-refractivity contribution in [2.24, 2.45) is 16.3 Å². The number of hydrogen-bond acceptors (Lipinski definition) is 10. The average Bonchev–Trinajstić information content (AvgIpc) is 3.32. The molecule has 9 nitrogen and oxygen atoms in total. The van der Waals surface area contributed by atoms with Gasteiger partial charge in [-0.1, -0.05) is 18.2 Å². The normalized spacial score (nSPS) is 32.1. The third-order valence-corrected chi connectivity index (χ3v) is 8.07. The van der Waals surface area contributed by atoms with Crippen LogP contribution < -0.4 is 10.2 Å². The number of allylic oxidation sites excluding steroid dienone is 3. The molecule has 36 heavy (non-hydrogen) atoms. The molecule has 186 valence electrons. The van der Waals surface area contributed by atoms with E-state index in [1.807, 2.05) is 0 Å². The van der Waals surface area contributed by atoms with Crippen LogP contribution in [0.1, 0.15) is 52.9 Å². The number of carboxylic acids is 1. The van der Waals surface area contributed by atoms with Gasteiger partial charge < -0.3 is 24.5 Å². The molecular weight excluding hydrogens is 512 g/mol. The largest absolute Gasteiger partial charge is 2.00 e.